The first kappa shape index (κ1) is 20.1. The molecule has 2 aliphatic rings. The van der Waals surface area contributed by atoms with Gasteiger partial charge in [-0.3, -0.25) is 9.59 Å². The molecule has 0 radical (unpaired) electrons. The van der Waals surface area contributed by atoms with Gasteiger partial charge in [-0.05, 0) is 25.7 Å². The van der Waals surface area contributed by atoms with Crippen LogP contribution in [0.4, 0.5) is 0 Å². The summed E-state index contributed by atoms with van der Waals surface area (Å²) in [5.41, 5.74) is 0. The number of rotatable bonds is 7. The van der Waals surface area contributed by atoms with Crippen molar-refractivity contribution < 1.29 is 39.6 Å². The Bertz CT molecular complexity index is 531. The van der Waals surface area contributed by atoms with Gasteiger partial charge in [0.25, 0.3) is 0 Å². The Balaban J connectivity index is 1.88. The van der Waals surface area contributed by atoms with Gasteiger partial charge in [0.1, 0.15) is 12.1 Å². The molecular weight excluding hydrogens is 348 g/mol. The Morgan fingerprint density at radius 2 is 1.12 bits per heavy atom. The normalized spacial score (nSPS) is 25.2. The van der Waals surface area contributed by atoms with Gasteiger partial charge in [-0.25, -0.2) is 9.59 Å². The van der Waals surface area contributed by atoms with Crippen LogP contribution in [-0.4, -0.2) is 91.4 Å². The summed E-state index contributed by atoms with van der Waals surface area (Å²) < 4.78 is 0. The first-order valence-electron chi connectivity index (χ1n) is 8.63. The van der Waals surface area contributed by atoms with Crippen LogP contribution in [0, 0.1) is 0 Å². The van der Waals surface area contributed by atoms with Crippen molar-refractivity contribution >= 4 is 23.8 Å². The second-order valence-electron chi connectivity index (χ2n) is 6.71. The van der Waals surface area contributed by atoms with Crippen molar-refractivity contribution in [2.45, 2.75) is 62.8 Å². The van der Waals surface area contributed by atoms with Crippen LogP contribution in [0.25, 0.3) is 0 Å². The molecule has 2 fully saturated rings. The number of carbonyl (C=O) groups is 4. The third-order valence-electron chi connectivity index (χ3n) is 4.93. The van der Waals surface area contributed by atoms with Crippen molar-refractivity contribution in [1.29, 1.82) is 0 Å². The third-order valence-corrected chi connectivity index (χ3v) is 4.93. The molecule has 4 atom stereocenters. The molecule has 10 nitrogen and oxygen atoms in total. The van der Waals surface area contributed by atoms with Crippen LogP contribution in [0.3, 0.4) is 0 Å². The minimum atomic E-state index is -1.53. The molecule has 0 aliphatic carbocycles. The summed E-state index contributed by atoms with van der Waals surface area (Å²) >= 11 is 0. The summed E-state index contributed by atoms with van der Waals surface area (Å²) in [4.78, 5) is 48.9. The number of aliphatic hydroxyl groups is 2. The Morgan fingerprint density at radius 3 is 1.42 bits per heavy atom. The van der Waals surface area contributed by atoms with E-state index in [2.05, 4.69) is 0 Å². The number of amides is 2. The van der Waals surface area contributed by atoms with Crippen molar-refractivity contribution in [3.05, 3.63) is 0 Å². The molecule has 10 heteroatoms. The van der Waals surface area contributed by atoms with Crippen LogP contribution < -0.4 is 0 Å². The molecule has 2 heterocycles. The molecule has 4 N–H and O–H groups in total. The summed E-state index contributed by atoms with van der Waals surface area (Å²) in [6, 6.07) is -1.87. The number of aliphatic hydroxyl groups excluding tert-OH is 2. The van der Waals surface area contributed by atoms with Crippen LogP contribution in [0.5, 0.6) is 0 Å². The number of likely N-dealkylation sites (tertiary alicyclic amines) is 2. The van der Waals surface area contributed by atoms with Crippen molar-refractivity contribution in [3.8, 4) is 0 Å². The van der Waals surface area contributed by atoms with Gasteiger partial charge in [0.15, 0.2) is 0 Å². The summed E-state index contributed by atoms with van der Waals surface area (Å²) in [5.74, 6) is -3.43. The highest BCUT2D eigenvalue weighted by Gasteiger charge is 2.37. The number of nitrogens with zero attached hydrogens (tertiary/aromatic N) is 2. The standard InChI is InChI=1S/C16H24N2O8/c19-11(7-13(21)17-5-1-3-9(17)15(23)24)12(20)8-14(22)18-6-2-4-10(18)16(25)26/h9-12,19-20H,1-8H2,(H,23,24)(H,25,26)/t9?,10?,11-,12-/m0/s1. The maximum atomic E-state index is 12.2. The first-order chi connectivity index (χ1) is 12.2. The Labute approximate surface area is 150 Å². The third kappa shape index (κ3) is 4.50. The summed E-state index contributed by atoms with van der Waals surface area (Å²) in [6.07, 6.45) is -2.30. The van der Waals surface area contributed by atoms with Crippen LogP contribution in [0.2, 0.25) is 0 Å². The SMILES string of the molecule is O=C(O)C1CCCN1C(=O)C[C@H](O)[C@@H](O)CC(=O)N1CCCC1C(=O)O. The molecule has 2 amide bonds. The van der Waals surface area contributed by atoms with E-state index < -0.39 is 60.9 Å². The first-order valence-corrected chi connectivity index (χ1v) is 8.63. The lowest BCUT2D eigenvalue weighted by molar-refractivity contribution is -0.151. The zero-order valence-electron chi connectivity index (χ0n) is 14.3. The number of hydrogen-bond donors (Lipinski definition) is 4. The maximum Gasteiger partial charge on any atom is 0.326 e. The smallest absolute Gasteiger partial charge is 0.326 e. The summed E-state index contributed by atoms with van der Waals surface area (Å²) in [7, 11) is 0. The Hall–Kier alpha value is -2.20. The Kier molecular flexibility index (Phi) is 6.54. The molecule has 2 aliphatic heterocycles. The molecule has 0 bridgehead atoms. The van der Waals surface area contributed by atoms with E-state index in [1.54, 1.807) is 0 Å². The molecule has 0 aromatic carbocycles. The second-order valence-corrected chi connectivity index (χ2v) is 6.71. The van der Waals surface area contributed by atoms with E-state index in [1.165, 1.54) is 0 Å². The molecule has 26 heavy (non-hydrogen) atoms. The summed E-state index contributed by atoms with van der Waals surface area (Å²) in [6.45, 7) is 0.539. The fourth-order valence-corrected chi connectivity index (χ4v) is 3.51. The highest BCUT2D eigenvalue weighted by Crippen LogP contribution is 2.21. The van der Waals surface area contributed by atoms with Gasteiger partial charge in [-0.1, -0.05) is 0 Å². The molecule has 0 aromatic heterocycles. The molecular formula is C16H24N2O8. The molecule has 2 saturated heterocycles. The van der Waals surface area contributed by atoms with Crippen LogP contribution >= 0.6 is 0 Å². The van der Waals surface area contributed by atoms with Gasteiger partial charge in [-0.15, -0.1) is 0 Å². The average molecular weight is 372 g/mol. The highest BCUT2D eigenvalue weighted by atomic mass is 16.4. The number of carboxylic acid groups (broad SMARTS) is 2. The van der Waals surface area contributed by atoms with Gasteiger partial charge in [-0.2, -0.15) is 0 Å². The number of hydrogen-bond acceptors (Lipinski definition) is 6. The quantitative estimate of drug-likeness (QED) is 0.427. The summed E-state index contributed by atoms with van der Waals surface area (Å²) in [5, 5.41) is 38.2. The fraction of sp³-hybridized carbons (Fsp3) is 0.750. The van der Waals surface area contributed by atoms with Crippen molar-refractivity contribution in [3.63, 3.8) is 0 Å². The van der Waals surface area contributed by atoms with Gasteiger partial charge in [0, 0.05) is 13.1 Å². The fourth-order valence-electron chi connectivity index (χ4n) is 3.51. The van der Waals surface area contributed by atoms with Gasteiger partial charge < -0.3 is 30.2 Å². The molecule has 2 rings (SSSR count). The zero-order chi connectivity index (χ0) is 19.4. The lowest BCUT2D eigenvalue weighted by Gasteiger charge is -2.26. The minimum Gasteiger partial charge on any atom is -0.480 e. The van der Waals surface area contributed by atoms with Gasteiger partial charge >= 0.3 is 11.9 Å². The van der Waals surface area contributed by atoms with Crippen LogP contribution in [0.1, 0.15) is 38.5 Å². The van der Waals surface area contributed by atoms with Gasteiger partial charge in [0.2, 0.25) is 11.8 Å². The predicted molar refractivity (Wildman–Crippen MR) is 86.0 cm³/mol. The van der Waals surface area contributed by atoms with Crippen molar-refractivity contribution in [1.82, 2.24) is 9.80 Å². The predicted octanol–water partition coefficient (Wildman–Crippen LogP) is -1.36. The van der Waals surface area contributed by atoms with E-state index in [-0.39, 0.29) is 13.1 Å². The molecule has 146 valence electrons. The van der Waals surface area contributed by atoms with E-state index in [0.717, 1.165) is 9.80 Å². The largest absolute Gasteiger partial charge is 0.480 e. The van der Waals surface area contributed by atoms with E-state index in [1.807, 2.05) is 0 Å². The van der Waals surface area contributed by atoms with E-state index >= 15 is 0 Å². The maximum absolute atomic E-state index is 12.2. The monoisotopic (exact) mass is 372 g/mol. The zero-order valence-corrected chi connectivity index (χ0v) is 14.3. The van der Waals surface area contributed by atoms with E-state index in [4.69, 9.17) is 10.2 Å². The minimum absolute atomic E-state index is 0.269. The lowest BCUT2D eigenvalue weighted by atomic mass is 10.1. The molecule has 0 aromatic rings. The number of carbonyl (C=O) groups excluding carboxylic acids is 2. The topological polar surface area (TPSA) is 156 Å². The van der Waals surface area contributed by atoms with Crippen LogP contribution in [-0.2, 0) is 19.2 Å². The van der Waals surface area contributed by atoms with Crippen LogP contribution in [0.15, 0.2) is 0 Å². The van der Waals surface area contributed by atoms with Crippen molar-refractivity contribution in [2.75, 3.05) is 13.1 Å². The van der Waals surface area contributed by atoms with E-state index in [9.17, 15) is 29.4 Å². The number of aliphatic carboxylic acids is 2. The Morgan fingerprint density at radius 1 is 0.769 bits per heavy atom. The van der Waals surface area contributed by atoms with Crippen molar-refractivity contribution in [2.24, 2.45) is 0 Å². The van der Waals surface area contributed by atoms with E-state index in [0.29, 0.717) is 25.7 Å². The van der Waals surface area contributed by atoms with Gasteiger partial charge in [0.05, 0.1) is 25.0 Å². The average Bonchev–Trinajstić information content (AvgIpc) is 3.23. The molecule has 2 unspecified atom stereocenters. The number of carboxylic acids is 2. The molecule has 0 saturated carbocycles. The highest BCUT2D eigenvalue weighted by molar-refractivity contribution is 5.85. The molecule has 0 spiro atoms. The second kappa shape index (κ2) is 8.45. The lowest BCUT2D eigenvalue weighted by Crippen LogP contribution is -2.45.